The lowest BCUT2D eigenvalue weighted by atomic mass is 10.1. The molecule has 1 heterocycles. The van der Waals surface area contributed by atoms with Crippen molar-refractivity contribution < 1.29 is 22.7 Å². The number of hydrogen-bond donors (Lipinski definition) is 0. The average molecular weight is 316 g/mol. The summed E-state index contributed by atoms with van der Waals surface area (Å²) in [6, 6.07) is 4.89. The standard InChI is InChI=1S/C14H12ClF2NO3/c1-3-20-14(19)11-10(12(16)17)18-13(21-11)9-6-8(15)5-4-7(9)2/h4-6,12H,3H2,1-2H3. The molecule has 0 N–H and O–H groups in total. The Morgan fingerprint density at radius 1 is 1.48 bits per heavy atom. The van der Waals surface area contributed by atoms with Gasteiger partial charge in [-0.2, -0.15) is 0 Å². The molecule has 4 nitrogen and oxygen atoms in total. The summed E-state index contributed by atoms with van der Waals surface area (Å²) in [5.74, 6) is -1.64. The number of aryl methyl sites for hydroxylation is 1. The van der Waals surface area contributed by atoms with Gasteiger partial charge in [0.1, 0.15) is 0 Å². The summed E-state index contributed by atoms with van der Waals surface area (Å²) < 4.78 is 35.8. The number of aromatic nitrogens is 1. The van der Waals surface area contributed by atoms with Crippen molar-refractivity contribution in [2.45, 2.75) is 20.3 Å². The number of carbonyl (C=O) groups is 1. The number of alkyl halides is 2. The fourth-order valence-electron chi connectivity index (χ4n) is 1.76. The van der Waals surface area contributed by atoms with Crippen LogP contribution in [0.4, 0.5) is 8.78 Å². The fourth-order valence-corrected chi connectivity index (χ4v) is 1.93. The van der Waals surface area contributed by atoms with Crippen LogP contribution in [0.15, 0.2) is 22.6 Å². The topological polar surface area (TPSA) is 52.3 Å². The third kappa shape index (κ3) is 3.21. The predicted octanol–water partition coefficient (Wildman–Crippen LogP) is 4.42. The quantitative estimate of drug-likeness (QED) is 0.784. The molecule has 0 atom stereocenters. The molecule has 2 rings (SSSR count). The Labute approximate surface area is 124 Å². The van der Waals surface area contributed by atoms with Crippen LogP contribution in [-0.2, 0) is 4.74 Å². The molecule has 0 amide bonds. The molecule has 0 spiro atoms. The predicted molar refractivity (Wildman–Crippen MR) is 72.6 cm³/mol. The third-order valence-corrected chi connectivity index (χ3v) is 2.99. The molecule has 1 aromatic heterocycles. The first-order valence-electron chi connectivity index (χ1n) is 6.16. The van der Waals surface area contributed by atoms with E-state index in [0.717, 1.165) is 5.56 Å². The molecular formula is C14H12ClF2NO3. The number of esters is 1. The molecule has 0 aliphatic heterocycles. The van der Waals surface area contributed by atoms with Crippen molar-refractivity contribution in [3.63, 3.8) is 0 Å². The Balaban J connectivity index is 2.53. The first-order chi connectivity index (χ1) is 9.93. The van der Waals surface area contributed by atoms with Crippen molar-refractivity contribution in [2.24, 2.45) is 0 Å². The molecule has 0 aliphatic rings. The van der Waals surface area contributed by atoms with Crippen LogP contribution in [0.5, 0.6) is 0 Å². The maximum absolute atomic E-state index is 13.0. The minimum Gasteiger partial charge on any atom is -0.460 e. The van der Waals surface area contributed by atoms with Crippen LogP contribution in [0.25, 0.3) is 11.5 Å². The summed E-state index contributed by atoms with van der Waals surface area (Å²) in [6.07, 6.45) is -2.94. The van der Waals surface area contributed by atoms with E-state index in [2.05, 4.69) is 9.72 Å². The number of nitrogens with zero attached hydrogens (tertiary/aromatic N) is 1. The first-order valence-corrected chi connectivity index (χ1v) is 6.54. The smallest absolute Gasteiger partial charge is 0.376 e. The van der Waals surface area contributed by atoms with Crippen molar-refractivity contribution in [2.75, 3.05) is 6.61 Å². The Hall–Kier alpha value is -1.95. The first kappa shape index (κ1) is 15.4. The van der Waals surface area contributed by atoms with E-state index in [1.807, 2.05) is 0 Å². The summed E-state index contributed by atoms with van der Waals surface area (Å²) >= 11 is 5.88. The number of benzene rings is 1. The van der Waals surface area contributed by atoms with Gasteiger partial charge in [0.05, 0.1) is 6.61 Å². The highest BCUT2D eigenvalue weighted by Gasteiger charge is 2.28. The van der Waals surface area contributed by atoms with E-state index >= 15 is 0 Å². The highest BCUT2D eigenvalue weighted by atomic mass is 35.5. The molecule has 0 bridgehead atoms. The SMILES string of the molecule is CCOC(=O)c1oc(-c2cc(Cl)ccc2C)nc1C(F)F. The van der Waals surface area contributed by atoms with Crippen molar-refractivity contribution in [1.29, 1.82) is 0 Å². The minimum atomic E-state index is -2.94. The van der Waals surface area contributed by atoms with Crippen molar-refractivity contribution in [3.05, 3.63) is 40.2 Å². The lowest BCUT2D eigenvalue weighted by molar-refractivity contribution is 0.0476. The number of hydrogen-bond acceptors (Lipinski definition) is 4. The number of carbonyl (C=O) groups excluding carboxylic acids is 1. The molecule has 7 heteroatoms. The van der Waals surface area contributed by atoms with Gasteiger partial charge in [-0.25, -0.2) is 18.6 Å². The largest absolute Gasteiger partial charge is 0.460 e. The van der Waals surface area contributed by atoms with Gasteiger partial charge in [0.25, 0.3) is 6.43 Å². The van der Waals surface area contributed by atoms with Gasteiger partial charge in [-0.15, -0.1) is 0 Å². The summed E-state index contributed by atoms with van der Waals surface area (Å²) in [5.41, 5.74) is 0.444. The lowest BCUT2D eigenvalue weighted by Crippen LogP contribution is -2.06. The van der Waals surface area contributed by atoms with E-state index in [0.29, 0.717) is 10.6 Å². The van der Waals surface area contributed by atoms with E-state index in [9.17, 15) is 13.6 Å². The second-order valence-electron chi connectivity index (χ2n) is 4.21. The maximum Gasteiger partial charge on any atom is 0.376 e. The fraction of sp³-hybridized carbons (Fsp3) is 0.286. The Morgan fingerprint density at radius 2 is 2.19 bits per heavy atom. The molecule has 0 saturated heterocycles. The van der Waals surface area contributed by atoms with Gasteiger partial charge < -0.3 is 9.15 Å². The Kier molecular flexibility index (Phi) is 4.57. The zero-order valence-electron chi connectivity index (χ0n) is 11.3. The summed E-state index contributed by atoms with van der Waals surface area (Å²) in [6.45, 7) is 3.37. The van der Waals surface area contributed by atoms with Gasteiger partial charge >= 0.3 is 5.97 Å². The van der Waals surface area contributed by atoms with E-state index in [4.69, 9.17) is 16.0 Å². The van der Waals surface area contributed by atoms with Crippen LogP contribution in [-0.4, -0.2) is 17.6 Å². The van der Waals surface area contributed by atoms with Gasteiger partial charge in [-0.1, -0.05) is 17.7 Å². The molecule has 2 aromatic rings. The molecule has 0 aliphatic carbocycles. The summed E-state index contributed by atoms with van der Waals surface area (Å²) in [7, 11) is 0. The van der Waals surface area contributed by atoms with Crippen molar-refractivity contribution >= 4 is 17.6 Å². The Morgan fingerprint density at radius 3 is 2.81 bits per heavy atom. The summed E-state index contributed by atoms with van der Waals surface area (Å²) in [5, 5.41) is 0.407. The molecule has 112 valence electrons. The monoisotopic (exact) mass is 315 g/mol. The molecular weight excluding hydrogens is 304 g/mol. The van der Waals surface area contributed by atoms with Crippen LogP contribution >= 0.6 is 11.6 Å². The van der Waals surface area contributed by atoms with Crippen molar-refractivity contribution in [3.8, 4) is 11.5 Å². The Bertz CT molecular complexity index is 670. The molecule has 1 aromatic carbocycles. The lowest BCUT2D eigenvalue weighted by Gasteiger charge is -2.01. The molecule has 0 saturated carbocycles. The van der Waals surface area contributed by atoms with E-state index < -0.39 is 23.8 Å². The molecule has 21 heavy (non-hydrogen) atoms. The number of rotatable bonds is 4. The van der Waals surface area contributed by atoms with Gasteiger partial charge in [0.15, 0.2) is 5.69 Å². The van der Waals surface area contributed by atoms with Gasteiger partial charge in [-0.05, 0) is 31.5 Å². The third-order valence-electron chi connectivity index (χ3n) is 2.75. The van der Waals surface area contributed by atoms with Crippen LogP contribution < -0.4 is 0 Å². The van der Waals surface area contributed by atoms with Crippen LogP contribution in [0.3, 0.4) is 0 Å². The van der Waals surface area contributed by atoms with E-state index in [1.54, 1.807) is 26.0 Å². The van der Waals surface area contributed by atoms with Crippen LogP contribution in [0.1, 0.15) is 35.2 Å². The van der Waals surface area contributed by atoms with Crippen LogP contribution in [0.2, 0.25) is 5.02 Å². The van der Waals surface area contributed by atoms with Crippen LogP contribution in [0, 0.1) is 6.92 Å². The van der Waals surface area contributed by atoms with Gasteiger partial charge in [0, 0.05) is 10.6 Å². The molecule has 0 radical (unpaired) electrons. The minimum absolute atomic E-state index is 0.0493. The second-order valence-corrected chi connectivity index (χ2v) is 4.65. The average Bonchev–Trinajstić information content (AvgIpc) is 2.87. The molecule has 0 fully saturated rings. The zero-order valence-corrected chi connectivity index (χ0v) is 12.1. The second kappa shape index (κ2) is 6.22. The van der Waals surface area contributed by atoms with Gasteiger partial charge in [-0.3, -0.25) is 0 Å². The maximum atomic E-state index is 13.0. The number of ether oxygens (including phenoxy) is 1. The van der Waals surface area contributed by atoms with Gasteiger partial charge in [0.2, 0.25) is 11.7 Å². The highest BCUT2D eigenvalue weighted by Crippen LogP contribution is 2.31. The summed E-state index contributed by atoms with van der Waals surface area (Å²) in [4.78, 5) is 15.4. The van der Waals surface area contributed by atoms with E-state index in [-0.39, 0.29) is 12.5 Å². The normalized spacial score (nSPS) is 11.0. The number of halogens is 3. The van der Waals surface area contributed by atoms with Crippen molar-refractivity contribution in [1.82, 2.24) is 4.98 Å². The van der Waals surface area contributed by atoms with E-state index in [1.165, 1.54) is 6.07 Å². The number of oxazole rings is 1. The highest BCUT2D eigenvalue weighted by molar-refractivity contribution is 6.30. The molecule has 0 unspecified atom stereocenters. The zero-order chi connectivity index (χ0) is 15.6.